The first-order valence-electron chi connectivity index (χ1n) is 7.64. The predicted octanol–water partition coefficient (Wildman–Crippen LogP) is 3.24. The molecule has 0 aliphatic carbocycles. The second-order valence-corrected chi connectivity index (χ2v) is 7.67. The van der Waals surface area contributed by atoms with Crippen LogP contribution in [0.4, 0.5) is 4.79 Å². The average Bonchev–Trinajstić information content (AvgIpc) is 3.01. The van der Waals surface area contributed by atoms with E-state index in [2.05, 4.69) is 15.6 Å². The van der Waals surface area contributed by atoms with Crippen LogP contribution in [0.3, 0.4) is 0 Å². The smallest absolute Gasteiger partial charge is 0.358 e. The van der Waals surface area contributed by atoms with Gasteiger partial charge in [0.1, 0.15) is 5.01 Å². The minimum Gasteiger partial charge on any atom is -0.451 e. The van der Waals surface area contributed by atoms with Crippen molar-refractivity contribution in [2.24, 2.45) is 0 Å². The number of aromatic nitrogens is 1. The van der Waals surface area contributed by atoms with Crippen molar-refractivity contribution < 1.29 is 19.1 Å². The van der Waals surface area contributed by atoms with Crippen LogP contribution in [-0.4, -0.2) is 35.0 Å². The molecule has 138 valence electrons. The Bertz CT molecular complexity index is 812. The Morgan fingerprint density at radius 3 is 2.46 bits per heavy atom. The lowest BCUT2D eigenvalue weighted by atomic mass is 10.1. The van der Waals surface area contributed by atoms with Crippen molar-refractivity contribution >= 4 is 40.8 Å². The Kier molecular flexibility index (Phi) is 6.33. The van der Waals surface area contributed by atoms with Crippen LogP contribution in [0.1, 0.15) is 31.3 Å². The maximum atomic E-state index is 12.0. The Morgan fingerprint density at radius 1 is 1.19 bits per heavy atom. The van der Waals surface area contributed by atoms with Gasteiger partial charge in [0, 0.05) is 21.5 Å². The second kappa shape index (κ2) is 8.29. The third-order valence-corrected chi connectivity index (χ3v) is 4.02. The van der Waals surface area contributed by atoms with Gasteiger partial charge in [-0.15, -0.1) is 11.3 Å². The monoisotopic (exact) mass is 395 g/mol. The third-order valence-electron chi connectivity index (χ3n) is 2.88. The fourth-order valence-electron chi connectivity index (χ4n) is 1.83. The molecule has 7 nitrogen and oxygen atoms in total. The summed E-state index contributed by atoms with van der Waals surface area (Å²) in [5.41, 5.74) is 0.418. The van der Waals surface area contributed by atoms with E-state index in [0.717, 1.165) is 5.56 Å². The molecule has 2 N–H and O–H groups in total. The number of amides is 3. The summed E-state index contributed by atoms with van der Waals surface area (Å²) in [4.78, 5) is 39.4. The van der Waals surface area contributed by atoms with Gasteiger partial charge in [-0.3, -0.25) is 10.1 Å². The Hall–Kier alpha value is -2.45. The predicted molar refractivity (Wildman–Crippen MR) is 99.3 cm³/mol. The first-order chi connectivity index (χ1) is 12.1. The fourth-order valence-corrected chi connectivity index (χ4v) is 2.75. The molecule has 0 unspecified atom stereocenters. The number of carbonyl (C=O) groups is 3. The molecule has 0 saturated carbocycles. The number of ether oxygens (including phenoxy) is 1. The Morgan fingerprint density at radius 2 is 1.85 bits per heavy atom. The van der Waals surface area contributed by atoms with E-state index in [1.165, 1.54) is 16.7 Å². The highest BCUT2D eigenvalue weighted by Crippen LogP contribution is 2.25. The zero-order chi connectivity index (χ0) is 19.3. The highest BCUT2D eigenvalue weighted by atomic mass is 35.5. The quantitative estimate of drug-likeness (QED) is 0.774. The summed E-state index contributed by atoms with van der Waals surface area (Å²) in [5, 5.41) is 7.42. The average molecular weight is 396 g/mol. The van der Waals surface area contributed by atoms with Crippen LogP contribution in [0.25, 0.3) is 10.6 Å². The normalized spacial score (nSPS) is 10.9. The van der Waals surface area contributed by atoms with Gasteiger partial charge in [0.25, 0.3) is 5.91 Å². The molecule has 0 aliphatic rings. The lowest BCUT2D eigenvalue weighted by Crippen LogP contribution is -2.49. The summed E-state index contributed by atoms with van der Waals surface area (Å²) in [6.07, 6.45) is 0. The molecule has 26 heavy (non-hydrogen) atoms. The van der Waals surface area contributed by atoms with Crippen LogP contribution >= 0.6 is 22.9 Å². The molecule has 0 aliphatic heterocycles. The Balaban J connectivity index is 1.87. The zero-order valence-corrected chi connectivity index (χ0v) is 16.0. The van der Waals surface area contributed by atoms with Crippen LogP contribution in [0.5, 0.6) is 0 Å². The lowest BCUT2D eigenvalue weighted by Gasteiger charge is -2.20. The molecular formula is C17H18ClN3O4S. The van der Waals surface area contributed by atoms with Crippen molar-refractivity contribution in [1.29, 1.82) is 0 Å². The molecule has 3 amide bonds. The number of rotatable bonds is 4. The first-order valence-corrected chi connectivity index (χ1v) is 8.90. The number of benzene rings is 1. The number of halogens is 1. The lowest BCUT2D eigenvalue weighted by molar-refractivity contribution is -0.123. The van der Waals surface area contributed by atoms with Crippen molar-refractivity contribution in [2.75, 3.05) is 6.61 Å². The zero-order valence-electron chi connectivity index (χ0n) is 14.5. The van der Waals surface area contributed by atoms with Crippen LogP contribution in [0, 0.1) is 0 Å². The van der Waals surface area contributed by atoms with Crippen LogP contribution < -0.4 is 10.6 Å². The molecule has 0 radical (unpaired) electrons. The number of thiazole rings is 1. The van der Waals surface area contributed by atoms with Crippen LogP contribution in [0.2, 0.25) is 5.02 Å². The van der Waals surface area contributed by atoms with Gasteiger partial charge in [0.15, 0.2) is 12.3 Å². The molecule has 0 fully saturated rings. The Labute approximate surface area is 159 Å². The van der Waals surface area contributed by atoms with E-state index in [9.17, 15) is 14.4 Å². The minimum absolute atomic E-state index is 0.0897. The van der Waals surface area contributed by atoms with E-state index >= 15 is 0 Å². The van der Waals surface area contributed by atoms with E-state index < -0.39 is 30.1 Å². The van der Waals surface area contributed by atoms with Gasteiger partial charge in [-0.05, 0) is 32.9 Å². The summed E-state index contributed by atoms with van der Waals surface area (Å²) < 4.78 is 4.88. The number of hydrogen-bond acceptors (Lipinski definition) is 6. The minimum atomic E-state index is -0.743. The molecule has 1 aromatic heterocycles. The van der Waals surface area contributed by atoms with E-state index in [1.54, 1.807) is 45.0 Å². The van der Waals surface area contributed by atoms with E-state index in [0.29, 0.717) is 10.0 Å². The van der Waals surface area contributed by atoms with Gasteiger partial charge in [-0.1, -0.05) is 23.7 Å². The molecule has 1 aromatic carbocycles. The molecule has 0 saturated heterocycles. The fraction of sp³-hybridized carbons (Fsp3) is 0.294. The first kappa shape index (κ1) is 19.9. The molecule has 0 atom stereocenters. The SMILES string of the molecule is CC(C)(C)NC(=O)NC(=O)COC(=O)c1csc(-c2ccc(Cl)cc2)n1. The number of urea groups is 1. The summed E-state index contributed by atoms with van der Waals surface area (Å²) in [7, 11) is 0. The maximum absolute atomic E-state index is 12.0. The van der Waals surface area contributed by atoms with Crippen molar-refractivity contribution in [1.82, 2.24) is 15.6 Å². The van der Waals surface area contributed by atoms with Crippen molar-refractivity contribution in [3.63, 3.8) is 0 Å². The van der Waals surface area contributed by atoms with E-state index in [4.69, 9.17) is 16.3 Å². The standard InChI is InChI=1S/C17H18ClN3O4S/c1-17(2,3)21-16(24)20-13(22)8-25-15(23)12-9-26-14(19-12)10-4-6-11(18)7-5-10/h4-7,9H,8H2,1-3H3,(H2,20,21,22,24). The topological polar surface area (TPSA) is 97.4 Å². The molecule has 1 heterocycles. The number of imide groups is 1. The highest BCUT2D eigenvalue weighted by molar-refractivity contribution is 7.13. The van der Waals surface area contributed by atoms with Crippen molar-refractivity contribution in [2.45, 2.75) is 26.3 Å². The van der Waals surface area contributed by atoms with Gasteiger partial charge >= 0.3 is 12.0 Å². The van der Waals surface area contributed by atoms with Gasteiger partial charge in [0.2, 0.25) is 0 Å². The van der Waals surface area contributed by atoms with E-state index in [-0.39, 0.29) is 5.69 Å². The molecule has 0 spiro atoms. The molecule has 9 heteroatoms. The van der Waals surface area contributed by atoms with Crippen LogP contribution in [-0.2, 0) is 9.53 Å². The van der Waals surface area contributed by atoms with E-state index in [1.807, 2.05) is 0 Å². The number of carbonyl (C=O) groups excluding carboxylic acids is 3. The maximum Gasteiger partial charge on any atom is 0.358 e. The van der Waals surface area contributed by atoms with Crippen molar-refractivity contribution in [3.8, 4) is 10.6 Å². The van der Waals surface area contributed by atoms with Gasteiger partial charge in [0.05, 0.1) is 0 Å². The molecule has 0 bridgehead atoms. The largest absolute Gasteiger partial charge is 0.451 e. The number of nitrogens with one attached hydrogen (secondary N) is 2. The number of nitrogens with zero attached hydrogens (tertiary/aromatic N) is 1. The van der Waals surface area contributed by atoms with Gasteiger partial charge < -0.3 is 10.1 Å². The van der Waals surface area contributed by atoms with Crippen LogP contribution in [0.15, 0.2) is 29.6 Å². The highest BCUT2D eigenvalue weighted by Gasteiger charge is 2.18. The summed E-state index contributed by atoms with van der Waals surface area (Å²) in [5.74, 6) is -1.47. The van der Waals surface area contributed by atoms with Gasteiger partial charge in [-0.25, -0.2) is 14.6 Å². The number of esters is 1. The summed E-state index contributed by atoms with van der Waals surface area (Å²) >= 11 is 7.11. The second-order valence-electron chi connectivity index (χ2n) is 6.37. The number of hydrogen-bond donors (Lipinski definition) is 2. The van der Waals surface area contributed by atoms with Gasteiger partial charge in [-0.2, -0.15) is 0 Å². The summed E-state index contributed by atoms with van der Waals surface area (Å²) in [6.45, 7) is 4.75. The third kappa shape index (κ3) is 6.12. The molecule has 2 rings (SSSR count). The van der Waals surface area contributed by atoms with Crippen molar-refractivity contribution in [3.05, 3.63) is 40.4 Å². The molecule has 2 aromatic rings. The molecular weight excluding hydrogens is 378 g/mol. The summed E-state index contributed by atoms with van der Waals surface area (Å²) in [6, 6.07) is 6.37.